The molecule has 1 amide bonds. The molecular formula is C17H16ClN3O2S3. The zero-order chi connectivity index (χ0) is 18.4. The van der Waals surface area contributed by atoms with E-state index in [1.807, 2.05) is 29.6 Å². The first-order valence-corrected chi connectivity index (χ1v) is 11.2. The van der Waals surface area contributed by atoms with Crippen molar-refractivity contribution in [3.8, 4) is 0 Å². The Morgan fingerprint density at radius 1 is 1.31 bits per heavy atom. The fourth-order valence-corrected chi connectivity index (χ4v) is 4.53. The highest BCUT2D eigenvalue weighted by molar-refractivity contribution is 7.99. The van der Waals surface area contributed by atoms with Crippen LogP contribution in [0.3, 0.4) is 0 Å². The topological polar surface area (TPSA) is 63.5 Å². The number of rotatable bonds is 8. The number of hydrogen-bond donors (Lipinski definition) is 1. The number of carbonyl (C=O) groups is 1. The first-order valence-electron chi connectivity index (χ1n) is 7.80. The molecule has 0 saturated heterocycles. The van der Waals surface area contributed by atoms with Crippen LogP contribution in [-0.4, -0.2) is 33.3 Å². The van der Waals surface area contributed by atoms with Crippen LogP contribution in [0.4, 0.5) is 0 Å². The third-order valence-electron chi connectivity index (χ3n) is 3.35. The molecule has 9 heteroatoms. The molecule has 0 radical (unpaired) electrons. The van der Waals surface area contributed by atoms with Gasteiger partial charge in [0.15, 0.2) is 4.96 Å². The molecular weight excluding hydrogens is 410 g/mol. The number of halogens is 1. The molecule has 0 atom stereocenters. The van der Waals surface area contributed by atoms with E-state index in [1.54, 1.807) is 18.0 Å². The molecule has 0 bridgehead atoms. The lowest BCUT2D eigenvalue weighted by Crippen LogP contribution is -2.27. The highest BCUT2D eigenvalue weighted by Crippen LogP contribution is 2.19. The van der Waals surface area contributed by atoms with E-state index >= 15 is 0 Å². The number of nitrogens with one attached hydrogen (secondary N) is 1. The maximum absolute atomic E-state index is 11.9. The minimum atomic E-state index is -0.0875. The normalized spacial score (nSPS) is 11.0. The third-order valence-corrected chi connectivity index (χ3v) is 6.33. The summed E-state index contributed by atoms with van der Waals surface area (Å²) in [5.41, 5.74) is 0.615. The van der Waals surface area contributed by atoms with Gasteiger partial charge in [-0.05, 0) is 24.3 Å². The number of fused-ring (bicyclic) bond motifs is 1. The van der Waals surface area contributed by atoms with Gasteiger partial charge in [0.1, 0.15) is 0 Å². The summed E-state index contributed by atoms with van der Waals surface area (Å²) < 4.78 is 1.52. The molecule has 0 fully saturated rings. The van der Waals surface area contributed by atoms with Crippen LogP contribution < -0.4 is 10.9 Å². The standard InChI is InChI=1S/C17H16ClN3O2S3/c18-12-1-3-14(4-2-12)25-7-5-19-15(22)11-24-10-13-9-16(23)21-6-8-26-17(21)20-13/h1-4,6,8-9H,5,7,10-11H2,(H,19,22). The number of hydrogen-bond acceptors (Lipinski definition) is 6. The maximum Gasteiger partial charge on any atom is 0.258 e. The zero-order valence-electron chi connectivity index (χ0n) is 13.7. The predicted octanol–water partition coefficient (Wildman–Crippen LogP) is 3.55. The van der Waals surface area contributed by atoms with E-state index in [0.29, 0.717) is 28.7 Å². The molecule has 3 rings (SSSR count). The zero-order valence-corrected chi connectivity index (χ0v) is 16.9. The SMILES string of the molecule is O=C(CSCc1cc(=O)n2ccsc2n1)NCCSc1ccc(Cl)cc1. The van der Waals surface area contributed by atoms with Gasteiger partial charge < -0.3 is 5.32 Å². The quantitative estimate of drug-likeness (QED) is 0.441. The molecule has 0 aliphatic carbocycles. The lowest BCUT2D eigenvalue weighted by Gasteiger charge is -2.05. The number of benzene rings is 1. The summed E-state index contributed by atoms with van der Waals surface area (Å²) in [7, 11) is 0. The number of thioether (sulfide) groups is 2. The number of amides is 1. The lowest BCUT2D eigenvalue weighted by molar-refractivity contribution is -0.118. The van der Waals surface area contributed by atoms with Gasteiger partial charge in [0.05, 0.1) is 11.4 Å². The van der Waals surface area contributed by atoms with E-state index in [-0.39, 0.29) is 11.5 Å². The first kappa shape index (κ1) is 19.3. The molecule has 1 aromatic carbocycles. The Kier molecular flexibility index (Phi) is 7.01. The molecule has 0 spiro atoms. The van der Waals surface area contributed by atoms with Gasteiger partial charge in [0.25, 0.3) is 5.56 Å². The molecule has 0 saturated carbocycles. The second-order valence-corrected chi connectivity index (χ2v) is 8.75. The molecule has 1 N–H and O–H groups in total. The van der Waals surface area contributed by atoms with Crippen molar-refractivity contribution < 1.29 is 4.79 Å². The summed E-state index contributed by atoms with van der Waals surface area (Å²) in [5.74, 6) is 1.67. The van der Waals surface area contributed by atoms with Crippen molar-refractivity contribution in [3.63, 3.8) is 0 Å². The molecule has 26 heavy (non-hydrogen) atoms. The first-order chi connectivity index (χ1) is 12.6. The highest BCUT2D eigenvalue weighted by atomic mass is 35.5. The molecule has 3 aromatic rings. The highest BCUT2D eigenvalue weighted by Gasteiger charge is 2.06. The summed E-state index contributed by atoms with van der Waals surface area (Å²) >= 11 is 10.4. The molecule has 0 aliphatic rings. The van der Waals surface area contributed by atoms with Gasteiger partial charge in [-0.2, -0.15) is 0 Å². The predicted molar refractivity (Wildman–Crippen MR) is 111 cm³/mol. The van der Waals surface area contributed by atoms with Crippen LogP contribution in [0.15, 0.2) is 51.6 Å². The average molecular weight is 426 g/mol. The number of nitrogens with zero attached hydrogens (tertiary/aromatic N) is 2. The molecule has 0 unspecified atom stereocenters. The van der Waals surface area contributed by atoms with Crippen molar-refractivity contribution in [3.05, 3.63) is 63.0 Å². The molecule has 2 aromatic heterocycles. The molecule has 2 heterocycles. The van der Waals surface area contributed by atoms with Gasteiger partial charge in [-0.25, -0.2) is 4.98 Å². The van der Waals surface area contributed by atoms with Crippen molar-refractivity contribution in [1.82, 2.24) is 14.7 Å². The van der Waals surface area contributed by atoms with Crippen molar-refractivity contribution in [2.24, 2.45) is 0 Å². The second kappa shape index (κ2) is 9.45. The van der Waals surface area contributed by atoms with Crippen molar-refractivity contribution in [2.75, 3.05) is 18.1 Å². The largest absolute Gasteiger partial charge is 0.355 e. The monoisotopic (exact) mass is 425 g/mol. The fourth-order valence-electron chi connectivity index (χ4n) is 2.15. The van der Waals surface area contributed by atoms with Gasteiger partial charge in [0, 0.05) is 45.6 Å². The number of carbonyl (C=O) groups excluding carboxylic acids is 1. The Bertz CT molecular complexity index is 940. The fraction of sp³-hybridized carbons (Fsp3) is 0.235. The summed E-state index contributed by atoms with van der Waals surface area (Å²) in [6, 6.07) is 9.15. The Labute approximate surface area is 168 Å². The van der Waals surface area contributed by atoms with Gasteiger partial charge in [-0.1, -0.05) is 11.6 Å². The Hall–Kier alpha value is -1.48. The molecule has 5 nitrogen and oxygen atoms in total. The molecule has 136 valence electrons. The van der Waals surface area contributed by atoms with E-state index in [1.165, 1.54) is 33.6 Å². The summed E-state index contributed by atoms with van der Waals surface area (Å²) in [4.78, 5) is 30.0. The van der Waals surface area contributed by atoms with Crippen LogP contribution in [-0.2, 0) is 10.5 Å². The van der Waals surface area contributed by atoms with E-state index in [4.69, 9.17) is 11.6 Å². The maximum atomic E-state index is 11.9. The Morgan fingerprint density at radius 3 is 2.92 bits per heavy atom. The van der Waals surface area contributed by atoms with E-state index in [9.17, 15) is 9.59 Å². The van der Waals surface area contributed by atoms with Gasteiger partial charge in [-0.3, -0.25) is 14.0 Å². The van der Waals surface area contributed by atoms with E-state index < -0.39 is 0 Å². The molecule has 0 aliphatic heterocycles. The van der Waals surface area contributed by atoms with Gasteiger partial charge in [-0.15, -0.1) is 34.9 Å². The van der Waals surface area contributed by atoms with Crippen molar-refractivity contribution in [1.29, 1.82) is 0 Å². The van der Waals surface area contributed by atoms with E-state index in [2.05, 4.69) is 10.3 Å². The Morgan fingerprint density at radius 2 is 2.12 bits per heavy atom. The second-order valence-electron chi connectivity index (χ2n) is 5.29. The summed E-state index contributed by atoms with van der Waals surface area (Å²) in [6.07, 6.45) is 1.71. The Balaban J connectivity index is 1.36. The van der Waals surface area contributed by atoms with Crippen LogP contribution in [0.5, 0.6) is 0 Å². The number of aromatic nitrogens is 2. The lowest BCUT2D eigenvalue weighted by atomic mass is 10.4. The summed E-state index contributed by atoms with van der Waals surface area (Å²) in [6.45, 7) is 0.605. The smallest absolute Gasteiger partial charge is 0.258 e. The minimum absolute atomic E-state index is 0.0133. The van der Waals surface area contributed by atoms with Crippen molar-refractivity contribution in [2.45, 2.75) is 10.6 Å². The third kappa shape index (κ3) is 5.51. The van der Waals surface area contributed by atoms with Gasteiger partial charge >= 0.3 is 0 Å². The van der Waals surface area contributed by atoms with Crippen LogP contribution in [0.2, 0.25) is 5.02 Å². The van der Waals surface area contributed by atoms with Gasteiger partial charge in [0.2, 0.25) is 5.91 Å². The van der Waals surface area contributed by atoms with Crippen LogP contribution in [0.1, 0.15) is 5.69 Å². The van der Waals surface area contributed by atoms with Crippen molar-refractivity contribution >= 4 is 57.3 Å². The van der Waals surface area contributed by atoms with Crippen LogP contribution in [0, 0.1) is 0 Å². The summed E-state index contributed by atoms with van der Waals surface area (Å²) in [5, 5.41) is 5.44. The van der Waals surface area contributed by atoms with Crippen LogP contribution >= 0.6 is 46.5 Å². The van der Waals surface area contributed by atoms with E-state index in [0.717, 1.165) is 15.7 Å². The number of thiazole rings is 1. The van der Waals surface area contributed by atoms with Crippen LogP contribution in [0.25, 0.3) is 4.96 Å². The average Bonchev–Trinajstić information content (AvgIpc) is 3.09. The minimum Gasteiger partial charge on any atom is -0.355 e.